The third-order valence-corrected chi connectivity index (χ3v) is 6.37. The highest BCUT2D eigenvalue weighted by Crippen LogP contribution is 2.27. The SMILES string of the molecule is CC(C)N1CCC(NC(=O)CN2CCCC(c3nc(-c4cccc(F)c4)no3)C2)CC1. The number of aromatic nitrogens is 2. The minimum absolute atomic E-state index is 0.0886. The number of likely N-dealkylation sites (tertiary alicyclic amines) is 2. The number of carbonyl (C=O) groups is 1. The molecule has 1 aromatic carbocycles. The van der Waals surface area contributed by atoms with E-state index in [9.17, 15) is 9.18 Å². The van der Waals surface area contributed by atoms with Gasteiger partial charge in [-0.2, -0.15) is 4.98 Å². The molecule has 31 heavy (non-hydrogen) atoms. The Hall–Kier alpha value is -2.32. The van der Waals surface area contributed by atoms with Gasteiger partial charge in [0.2, 0.25) is 17.6 Å². The number of carbonyl (C=O) groups excluding carboxylic acids is 1. The van der Waals surface area contributed by atoms with Gasteiger partial charge in [-0.05, 0) is 58.2 Å². The van der Waals surface area contributed by atoms with E-state index in [2.05, 4.69) is 39.1 Å². The van der Waals surface area contributed by atoms with E-state index in [-0.39, 0.29) is 23.7 Å². The molecule has 4 rings (SSSR count). The van der Waals surface area contributed by atoms with Crippen molar-refractivity contribution in [2.24, 2.45) is 0 Å². The lowest BCUT2D eigenvalue weighted by atomic mass is 9.98. The number of rotatable bonds is 6. The van der Waals surface area contributed by atoms with Crippen molar-refractivity contribution < 1.29 is 13.7 Å². The number of amides is 1. The molecule has 2 aliphatic heterocycles. The van der Waals surface area contributed by atoms with Gasteiger partial charge < -0.3 is 14.7 Å². The summed E-state index contributed by atoms with van der Waals surface area (Å²) < 4.78 is 19.0. The van der Waals surface area contributed by atoms with Crippen LogP contribution in [0.2, 0.25) is 0 Å². The normalized spacial score (nSPS) is 21.5. The van der Waals surface area contributed by atoms with Crippen molar-refractivity contribution in [1.82, 2.24) is 25.3 Å². The van der Waals surface area contributed by atoms with E-state index < -0.39 is 0 Å². The lowest BCUT2D eigenvalue weighted by Crippen LogP contribution is -2.49. The predicted molar refractivity (Wildman–Crippen MR) is 116 cm³/mol. The van der Waals surface area contributed by atoms with Crippen LogP contribution in [0.15, 0.2) is 28.8 Å². The van der Waals surface area contributed by atoms with Gasteiger partial charge in [-0.1, -0.05) is 17.3 Å². The minimum Gasteiger partial charge on any atom is -0.352 e. The maximum Gasteiger partial charge on any atom is 0.234 e. The zero-order chi connectivity index (χ0) is 21.8. The van der Waals surface area contributed by atoms with Gasteiger partial charge >= 0.3 is 0 Å². The number of piperidine rings is 2. The molecule has 7 nitrogen and oxygen atoms in total. The van der Waals surface area contributed by atoms with E-state index in [1.165, 1.54) is 12.1 Å². The maximum atomic E-state index is 13.5. The molecule has 0 bridgehead atoms. The first-order chi connectivity index (χ1) is 15.0. The fraction of sp³-hybridized carbons (Fsp3) is 0.609. The van der Waals surface area contributed by atoms with E-state index in [1.807, 2.05) is 0 Å². The first kappa shape index (κ1) is 21.9. The summed E-state index contributed by atoms with van der Waals surface area (Å²) in [7, 11) is 0. The third kappa shape index (κ3) is 5.68. The molecule has 8 heteroatoms. The highest BCUT2D eigenvalue weighted by Gasteiger charge is 2.28. The molecule has 2 aromatic rings. The van der Waals surface area contributed by atoms with Gasteiger partial charge in [0.25, 0.3) is 0 Å². The van der Waals surface area contributed by atoms with Crippen molar-refractivity contribution in [3.8, 4) is 11.4 Å². The average molecular weight is 430 g/mol. The molecule has 1 atom stereocenters. The zero-order valence-corrected chi connectivity index (χ0v) is 18.4. The monoisotopic (exact) mass is 429 g/mol. The van der Waals surface area contributed by atoms with Crippen LogP contribution in [0.4, 0.5) is 4.39 Å². The Kier molecular flexibility index (Phi) is 6.97. The first-order valence-corrected chi connectivity index (χ1v) is 11.3. The van der Waals surface area contributed by atoms with Gasteiger partial charge in [0.1, 0.15) is 5.82 Å². The fourth-order valence-electron chi connectivity index (χ4n) is 4.58. The van der Waals surface area contributed by atoms with E-state index >= 15 is 0 Å². The molecular weight excluding hydrogens is 397 g/mol. The Morgan fingerprint density at radius 1 is 1.26 bits per heavy atom. The predicted octanol–water partition coefficient (Wildman–Crippen LogP) is 3.04. The summed E-state index contributed by atoms with van der Waals surface area (Å²) in [6, 6.07) is 7.02. The lowest BCUT2D eigenvalue weighted by Gasteiger charge is -2.35. The van der Waals surface area contributed by atoms with E-state index in [0.29, 0.717) is 36.4 Å². The summed E-state index contributed by atoms with van der Waals surface area (Å²) in [6.07, 6.45) is 3.94. The zero-order valence-electron chi connectivity index (χ0n) is 18.4. The summed E-state index contributed by atoms with van der Waals surface area (Å²) in [5.41, 5.74) is 0.602. The summed E-state index contributed by atoms with van der Waals surface area (Å²) in [5, 5.41) is 7.25. The van der Waals surface area contributed by atoms with Crippen molar-refractivity contribution >= 4 is 5.91 Å². The number of halogens is 1. The molecule has 0 radical (unpaired) electrons. The number of nitrogens with zero attached hydrogens (tertiary/aromatic N) is 4. The summed E-state index contributed by atoms with van der Waals surface area (Å²) in [5.74, 6) is 0.816. The van der Waals surface area contributed by atoms with Crippen molar-refractivity contribution in [3.05, 3.63) is 36.0 Å². The van der Waals surface area contributed by atoms with E-state index in [0.717, 1.165) is 45.3 Å². The molecule has 1 N–H and O–H groups in total. The minimum atomic E-state index is -0.325. The molecule has 0 spiro atoms. The highest BCUT2D eigenvalue weighted by molar-refractivity contribution is 5.78. The first-order valence-electron chi connectivity index (χ1n) is 11.3. The van der Waals surface area contributed by atoms with Gasteiger partial charge in [-0.3, -0.25) is 9.69 Å². The van der Waals surface area contributed by atoms with Gasteiger partial charge in [-0.15, -0.1) is 0 Å². The Morgan fingerprint density at radius 2 is 2.06 bits per heavy atom. The van der Waals surface area contributed by atoms with Crippen molar-refractivity contribution in [2.45, 2.75) is 57.5 Å². The van der Waals surface area contributed by atoms with E-state index in [4.69, 9.17) is 4.52 Å². The molecule has 3 heterocycles. The maximum absolute atomic E-state index is 13.5. The number of benzene rings is 1. The van der Waals surface area contributed by atoms with Crippen LogP contribution in [-0.2, 0) is 4.79 Å². The van der Waals surface area contributed by atoms with Gasteiger partial charge in [0.15, 0.2) is 0 Å². The average Bonchev–Trinajstić information content (AvgIpc) is 3.25. The Balaban J connectivity index is 1.28. The van der Waals surface area contributed by atoms with Crippen LogP contribution in [0.1, 0.15) is 51.3 Å². The molecule has 1 aromatic heterocycles. The van der Waals surface area contributed by atoms with Crippen LogP contribution in [0.25, 0.3) is 11.4 Å². The van der Waals surface area contributed by atoms with Crippen LogP contribution in [0.5, 0.6) is 0 Å². The Bertz CT molecular complexity index is 878. The molecular formula is C23H32FN5O2. The third-order valence-electron chi connectivity index (χ3n) is 6.37. The molecule has 1 amide bonds. The van der Waals surface area contributed by atoms with Gasteiger partial charge in [-0.25, -0.2) is 4.39 Å². The van der Waals surface area contributed by atoms with Crippen molar-refractivity contribution in [2.75, 3.05) is 32.7 Å². The van der Waals surface area contributed by atoms with Crippen LogP contribution < -0.4 is 5.32 Å². The van der Waals surface area contributed by atoms with Crippen LogP contribution in [-0.4, -0.2) is 70.7 Å². The lowest BCUT2D eigenvalue weighted by molar-refractivity contribution is -0.123. The van der Waals surface area contributed by atoms with Crippen molar-refractivity contribution in [1.29, 1.82) is 0 Å². The molecule has 168 valence electrons. The number of hydrogen-bond donors (Lipinski definition) is 1. The summed E-state index contributed by atoms with van der Waals surface area (Å²) >= 11 is 0. The molecule has 2 aliphatic rings. The number of hydrogen-bond acceptors (Lipinski definition) is 6. The van der Waals surface area contributed by atoms with Crippen LogP contribution in [0.3, 0.4) is 0 Å². The molecule has 0 aliphatic carbocycles. The largest absolute Gasteiger partial charge is 0.352 e. The van der Waals surface area contributed by atoms with Crippen LogP contribution in [0, 0.1) is 5.82 Å². The Morgan fingerprint density at radius 3 is 2.81 bits per heavy atom. The molecule has 0 saturated carbocycles. The molecule has 1 unspecified atom stereocenters. The molecule has 2 fully saturated rings. The van der Waals surface area contributed by atoms with Gasteiger partial charge in [0.05, 0.1) is 12.5 Å². The second kappa shape index (κ2) is 9.87. The van der Waals surface area contributed by atoms with Crippen LogP contribution >= 0.6 is 0 Å². The quantitative estimate of drug-likeness (QED) is 0.761. The second-order valence-corrected chi connectivity index (χ2v) is 9.01. The van der Waals surface area contributed by atoms with E-state index in [1.54, 1.807) is 12.1 Å². The molecule has 2 saturated heterocycles. The smallest absolute Gasteiger partial charge is 0.234 e. The van der Waals surface area contributed by atoms with Crippen molar-refractivity contribution in [3.63, 3.8) is 0 Å². The highest BCUT2D eigenvalue weighted by atomic mass is 19.1. The number of nitrogens with one attached hydrogen (secondary N) is 1. The summed E-state index contributed by atoms with van der Waals surface area (Å²) in [6.45, 7) is 8.52. The van der Waals surface area contributed by atoms with Gasteiger partial charge in [0, 0.05) is 37.3 Å². The Labute approximate surface area is 183 Å². The second-order valence-electron chi connectivity index (χ2n) is 9.01. The summed E-state index contributed by atoms with van der Waals surface area (Å²) in [4.78, 5) is 21.7. The fourth-order valence-corrected chi connectivity index (χ4v) is 4.58. The topological polar surface area (TPSA) is 74.5 Å². The standard InChI is InChI=1S/C23H32FN5O2/c1-16(2)29-11-8-20(9-12-29)25-21(30)15-28-10-4-6-18(14-28)23-26-22(27-31-23)17-5-3-7-19(24)13-17/h3,5,7,13,16,18,20H,4,6,8-12,14-15H2,1-2H3,(H,25,30).